The van der Waals surface area contributed by atoms with Gasteiger partial charge in [-0.05, 0) is 12.0 Å². The van der Waals surface area contributed by atoms with Crippen LogP contribution in [0.4, 0.5) is 5.82 Å². The average Bonchev–Trinajstić information content (AvgIpc) is 3.29. The SMILES string of the molecule is N[C@@H](Cc1ccccc1)C(=O)NC1[C@H](CO)O[C@H](Nc2ncnc3nc[nH]c23)[C@@H](O)[C@@H]1O. The molecule has 3 heterocycles. The van der Waals surface area contributed by atoms with Crippen molar-refractivity contribution < 1.29 is 24.9 Å². The fraction of sp³-hybridized carbons (Fsp3) is 0.400. The molecule has 0 saturated carbocycles. The van der Waals surface area contributed by atoms with Gasteiger partial charge in [0.25, 0.3) is 0 Å². The number of hydrogen-bond acceptors (Lipinski definition) is 10. The summed E-state index contributed by atoms with van der Waals surface area (Å²) in [5, 5.41) is 36.6. The number of H-pyrrole nitrogens is 1. The number of nitrogens with zero attached hydrogens (tertiary/aromatic N) is 3. The lowest BCUT2D eigenvalue weighted by molar-refractivity contribution is -0.185. The maximum Gasteiger partial charge on any atom is 0.237 e. The topological polar surface area (TPSA) is 192 Å². The molecule has 1 amide bonds. The molecule has 0 aliphatic carbocycles. The number of aliphatic hydroxyl groups is 3. The molecule has 2 aromatic heterocycles. The van der Waals surface area contributed by atoms with E-state index in [2.05, 4.69) is 30.6 Å². The molecule has 0 radical (unpaired) electrons. The standard InChI is InChI=1S/C20H25N7O5/c21-11(6-10-4-2-1-3-5-10)19(31)26-13-12(7-28)32-20(16(30)15(13)29)27-18-14-17(23-8-22-14)24-9-25-18/h1-5,8-9,11-13,15-16,20,28-30H,6-7,21H2,(H,26,31)(H2,22,23,24,25,27)/t11-,12-,13?,15+,16-,20-/m0/s1. The van der Waals surface area contributed by atoms with Crippen LogP contribution in [0.3, 0.4) is 0 Å². The first-order valence-electron chi connectivity index (χ1n) is 10.1. The Hall–Kier alpha value is -3.16. The van der Waals surface area contributed by atoms with E-state index in [4.69, 9.17) is 10.5 Å². The first-order valence-corrected chi connectivity index (χ1v) is 10.1. The van der Waals surface area contributed by atoms with Gasteiger partial charge in [-0.15, -0.1) is 0 Å². The molecule has 6 atom stereocenters. The van der Waals surface area contributed by atoms with Gasteiger partial charge in [0.2, 0.25) is 5.91 Å². The van der Waals surface area contributed by atoms with Crippen LogP contribution in [-0.2, 0) is 16.0 Å². The Labute approximate surface area is 182 Å². The van der Waals surface area contributed by atoms with Gasteiger partial charge in [0.1, 0.15) is 30.2 Å². The van der Waals surface area contributed by atoms with Crippen molar-refractivity contribution in [3.8, 4) is 0 Å². The van der Waals surface area contributed by atoms with Crippen LogP contribution < -0.4 is 16.4 Å². The van der Waals surface area contributed by atoms with Gasteiger partial charge in [-0.25, -0.2) is 15.0 Å². The summed E-state index contributed by atoms with van der Waals surface area (Å²) >= 11 is 0. The summed E-state index contributed by atoms with van der Waals surface area (Å²) in [6, 6.07) is 7.31. The Kier molecular flexibility index (Phi) is 6.58. The number of imidazole rings is 1. The highest BCUT2D eigenvalue weighted by Gasteiger charge is 2.45. The predicted molar refractivity (Wildman–Crippen MR) is 113 cm³/mol. The summed E-state index contributed by atoms with van der Waals surface area (Å²) in [4.78, 5) is 27.6. The number of aliphatic hydroxyl groups excluding tert-OH is 3. The monoisotopic (exact) mass is 443 g/mol. The van der Waals surface area contributed by atoms with Gasteiger partial charge in [-0.1, -0.05) is 30.3 Å². The van der Waals surface area contributed by atoms with Crippen molar-refractivity contribution in [1.29, 1.82) is 0 Å². The van der Waals surface area contributed by atoms with Crippen molar-refractivity contribution in [2.75, 3.05) is 11.9 Å². The second-order valence-corrected chi connectivity index (χ2v) is 7.56. The molecule has 1 unspecified atom stereocenters. The zero-order valence-corrected chi connectivity index (χ0v) is 17.0. The van der Waals surface area contributed by atoms with E-state index in [0.717, 1.165) is 5.56 Å². The number of aromatic amines is 1. The number of ether oxygens (including phenoxy) is 1. The molecule has 3 aromatic rings. The third-order valence-corrected chi connectivity index (χ3v) is 5.38. The molecule has 32 heavy (non-hydrogen) atoms. The molecule has 1 aromatic carbocycles. The molecule has 0 spiro atoms. The van der Waals surface area contributed by atoms with Gasteiger partial charge in [0.05, 0.1) is 25.0 Å². The number of carbonyl (C=O) groups excluding carboxylic acids is 1. The van der Waals surface area contributed by atoms with Crippen molar-refractivity contribution >= 4 is 22.9 Å². The van der Waals surface area contributed by atoms with Gasteiger partial charge in [-0.2, -0.15) is 0 Å². The lowest BCUT2D eigenvalue weighted by atomic mass is 9.94. The quantitative estimate of drug-likeness (QED) is 0.220. The number of rotatable bonds is 7. The number of benzene rings is 1. The normalized spacial score (nSPS) is 26.6. The minimum absolute atomic E-state index is 0.292. The van der Waals surface area contributed by atoms with Crippen LogP contribution in [0.1, 0.15) is 5.56 Å². The Morgan fingerprint density at radius 1 is 1.19 bits per heavy atom. The van der Waals surface area contributed by atoms with E-state index in [1.54, 1.807) is 0 Å². The summed E-state index contributed by atoms with van der Waals surface area (Å²) in [5.74, 6) is -0.235. The first-order chi connectivity index (χ1) is 15.5. The van der Waals surface area contributed by atoms with E-state index < -0.39 is 49.1 Å². The van der Waals surface area contributed by atoms with E-state index in [9.17, 15) is 20.1 Å². The van der Waals surface area contributed by atoms with Gasteiger partial charge in [0, 0.05) is 0 Å². The first kappa shape index (κ1) is 22.0. The number of carbonyl (C=O) groups is 1. The summed E-state index contributed by atoms with van der Waals surface area (Å²) in [5.41, 5.74) is 7.79. The van der Waals surface area contributed by atoms with Crippen LogP contribution in [0, 0.1) is 0 Å². The second-order valence-electron chi connectivity index (χ2n) is 7.56. The molecule has 12 nitrogen and oxygen atoms in total. The maximum atomic E-state index is 12.6. The van der Waals surface area contributed by atoms with Crippen molar-refractivity contribution in [3.63, 3.8) is 0 Å². The Balaban J connectivity index is 1.43. The molecule has 4 rings (SSSR count). The minimum Gasteiger partial charge on any atom is -0.394 e. The molecule has 12 heteroatoms. The van der Waals surface area contributed by atoms with Crippen molar-refractivity contribution in [2.24, 2.45) is 5.73 Å². The molecule has 170 valence electrons. The van der Waals surface area contributed by atoms with Gasteiger partial charge in [0.15, 0.2) is 17.7 Å². The number of aromatic nitrogens is 4. The van der Waals surface area contributed by atoms with E-state index >= 15 is 0 Å². The average molecular weight is 443 g/mol. The van der Waals surface area contributed by atoms with Crippen LogP contribution in [0.25, 0.3) is 11.2 Å². The lowest BCUT2D eigenvalue weighted by Gasteiger charge is -2.43. The van der Waals surface area contributed by atoms with Crippen molar-refractivity contribution in [1.82, 2.24) is 25.3 Å². The summed E-state index contributed by atoms with van der Waals surface area (Å²) in [7, 11) is 0. The van der Waals surface area contributed by atoms with E-state index in [1.165, 1.54) is 12.7 Å². The van der Waals surface area contributed by atoms with Crippen molar-refractivity contribution in [2.45, 2.75) is 43.0 Å². The summed E-state index contributed by atoms with van der Waals surface area (Å²) in [6.45, 7) is -0.510. The zero-order valence-electron chi connectivity index (χ0n) is 17.0. The van der Waals surface area contributed by atoms with Crippen LogP contribution in [0.5, 0.6) is 0 Å². The summed E-state index contributed by atoms with van der Waals surface area (Å²) < 4.78 is 5.74. The molecule has 1 aliphatic heterocycles. The second kappa shape index (κ2) is 9.54. The highest BCUT2D eigenvalue weighted by Crippen LogP contribution is 2.24. The molecule has 1 saturated heterocycles. The lowest BCUT2D eigenvalue weighted by Crippen LogP contribution is -2.67. The van der Waals surface area contributed by atoms with Crippen LogP contribution in [0.15, 0.2) is 43.0 Å². The van der Waals surface area contributed by atoms with Crippen LogP contribution >= 0.6 is 0 Å². The smallest absolute Gasteiger partial charge is 0.237 e. The summed E-state index contributed by atoms with van der Waals surface area (Å²) in [6.07, 6.45) is -1.98. The van der Waals surface area contributed by atoms with Crippen molar-refractivity contribution in [3.05, 3.63) is 48.5 Å². The fourth-order valence-corrected chi connectivity index (χ4v) is 3.66. The number of amides is 1. The molecule has 1 fully saturated rings. The van der Waals surface area contributed by atoms with Gasteiger partial charge in [-0.3, -0.25) is 4.79 Å². The van der Waals surface area contributed by atoms with Gasteiger partial charge >= 0.3 is 0 Å². The van der Waals surface area contributed by atoms with Crippen LogP contribution in [-0.4, -0.2) is 84.4 Å². The largest absolute Gasteiger partial charge is 0.394 e. The number of nitrogens with one attached hydrogen (secondary N) is 3. The van der Waals surface area contributed by atoms with E-state index in [-0.39, 0.29) is 0 Å². The zero-order chi connectivity index (χ0) is 22.7. The Morgan fingerprint density at radius 2 is 1.97 bits per heavy atom. The molecule has 1 aliphatic rings. The number of hydrogen-bond donors (Lipinski definition) is 7. The molecule has 0 bridgehead atoms. The molecule has 8 N–H and O–H groups in total. The van der Waals surface area contributed by atoms with E-state index in [1.807, 2.05) is 30.3 Å². The number of fused-ring (bicyclic) bond motifs is 1. The minimum atomic E-state index is -1.44. The maximum absolute atomic E-state index is 12.6. The third kappa shape index (κ3) is 4.54. The van der Waals surface area contributed by atoms with E-state index in [0.29, 0.717) is 23.4 Å². The van der Waals surface area contributed by atoms with Crippen LogP contribution in [0.2, 0.25) is 0 Å². The third-order valence-electron chi connectivity index (χ3n) is 5.38. The fourth-order valence-electron chi connectivity index (χ4n) is 3.66. The van der Waals surface area contributed by atoms with Gasteiger partial charge < -0.3 is 41.4 Å². The molecular formula is C20H25N7O5. The number of nitrogens with two attached hydrogens (primary N) is 1. The highest BCUT2D eigenvalue weighted by molar-refractivity contribution is 5.83. The number of anilines is 1. The molecular weight excluding hydrogens is 418 g/mol. The predicted octanol–water partition coefficient (Wildman–Crippen LogP) is -1.74. The Bertz CT molecular complexity index is 1050. The highest BCUT2D eigenvalue weighted by atomic mass is 16.5. The Morgan fingerprint density at radius 3 is 2.72 bits per heavy atom.